The molecule has 1 saturated heterocycles. The van der Waals surface area contributed by atoms with Gasteiger partial charge in [-0.25, -0.2) is 0 Å². The number of aromatic nitrogens is 2. The Balaban J connectivity index is 1.60. The van der Waals surface area contributed by atoms with E-state index in [1.807, 2.05) is 6.07 Å². The number of thioether (sulfide) groups is 1. The number of aliphatic hydroxyl groups excluding tert-OH is 1. The number of carbonyl (C=O) groups excluding carboxylic acids is 2. The SMILES string of the molecule is COc1cc(C2/C(=C(/O)c3ccccc3)C(=O)C(=O)N2c2nnc(SCc3ccc(Cl)cc3Cl)s2)cc(OC)c1OC. The van der Waals surface area contributed by atoms with Crippen molar-refractivity contribution in [3.05, 3.63) is 93.0 Å². The fourth-order valence-corrected chi connectivity index (χ4v) is 6.92. The number of hydrogen-bond donors (Lipinski definition) is 1. The van der Waals surface area contributed by atoms with E-state index in [1.54, 1.807) is 54.6 Å². The van der Waals surface area contributed by atoms with Crippen molar-refractivity contribution in [3.8, 4) is 17.2 Å². The molecule has 1 atom stereocenters. The molecule has 1 amide bonds. The van der Waals surface area contributed by atoms with Crippen molar-refractivity contribution in [3.63, 3.8) is 0 Å². The monoisotopic (exact) mass is 643 g/mol. The van der Waals surface area contributed by atoms with Crippen molar-refractivity contribution in [2.45, 2.75) is 16.1 Å². The Kier molecular flexibility index (Phi) is 8.93. The normalized spacial score (nSPS) is 16.1. The van der Waals surface area contributed by atoms with Gasteiger partial charge in [0.1, 0.15) is 5.76 Å². The second kappa shape index (κ2) is 12.6. The van der Waals surface area contributed by atoms with Gasteiger partial charge in [-0.05, 0) is 35.4 Å². The lowest BCUT2D eigenvalue weighted by molar-refractivity contribution is -0.132. The summed E-state index contributed by atoms with van der Waals surface area (Å²) in [5.74, 6) is -0.623. The first kappa shape index (κ1) is 29.7. The van der Waals surface area contributed by atoms with Gasteiger partial charge < -0.3 is 19.3 Å². The number of ketones is 1. The van der Waals surface area contributed by atoms with Gasteiger partial charge in [0.05, 0.1) is 32.9 Å². The summed E-state index contributed by atoms with van der Waals surface area (Å²) in [5, 5.41) is 21.1. The summed E-state index contributed by atoms with van der Waals surface area (Å²) in [6.45, 7) is 0. The molecule has 3 aromatic carbocycles. The first-order valence-corrected chi connectivity index (χ1v) is 14.9. The number of methoxy groups -OCH3 is 3. The number of carbonyl (C=O) groups is 2. The van der Waals surface area contributed by atoms with Gasteiger partial charge in [0.25, 0.3) is 5.78 Å². The molecule has 1 aliphatic heterocycles. The van der Waals surface area contributed by atoms with Crippen molar-refractivity contribution in [2.24, 2.45) is 0 Å². The smallest absolute Gasteiger partial charge is 0.301 e. The second-order valence-electron chi connectivity index (χ2n) is 8.87. The van der Waals surface area contributed by atoms with Gasteiger partial charge in [0.15, 0.2) is 15.8 Å². The third-order valence-electron chi connectivity index (χ3n) is 6.46. The van der Waals surface area contributed by atoms with Gasteiger partial charge in [-0.2, -0.15) is 0 Å². The molecule has 2 heterocycles. The molecular weight excluding hydrogens is 621 g/mol. The highest BCUT2D eigenvalue weighted by molar-refractivity contribution is 8.00. The molecule has 0 saturated carbocycles. The van der Waals surface area contributed by atoms with E-state index < -0.39 is 17.7 Å². The second-order valence-corrected chi connectivity index (χ2v) is 11.9. The number of ether oxygens (including phenoxy) is 3. The highest BCUT2D eigenvalue weighted by Gasteiger charge is 2.49. The molecule has 13 heteroatoms. The highest BCUT2D eigenvalue weighted by Crippen LogP contribution is 2.48. The van der Waals surface area contributed by atoms with Crippen LogP contribution in [0.2, 0.25) is 10.0 Å². The Morgan fingerprint density at radius 2 is 1.67 bits per heavy atom. The molecule has 1 unspecified atom stereocenters. The van der Waals surface area contributed by atoms with Crippen LogP contribution < -0.4 is 19.1 Å². The minimum absolute atomic E-state index is 0.113. The molecule has 42 heavy (non-hydrogen) atoms. The number of anilines is 1. The van der Waals surface area contributed by atoms with Crippen LogP contribution in [0.4, 0.5) is 5.13 Å². The maximum Gasteiger partial charge on any atom is 0.301 e. The van der Waals surface area contributed by atoms with Crippen molar-refractivity contribution < 1.29 is 28.9 Å². The number of hydrogen-bond acceptors (Lipinski definition) is 10. The van der Waals surface area contributed by atoms with E-state index in [0.717, 1.165) is 16.9 Å². The average molecular weight is 645 g/mol. The maximum atomic E-state index is 13.6. The number of benzene rings is 3. The Morgan fingerprint density at radius 1 is 0.976 bits per heavy atom. The molecule has 0 bridgehead atoms. The van der Waals surface area contributed by atoms with Crippen LogP contribution in [0.25, 0.3) is 5.76 Å². The van der Waals surface area contributed by atoms with Gasteiger partial charge in [-0.1, -0.05) is 82.7 Å². The third-order valence-corrected chi connectivity index (χ3v) is 9.15. The molecule has 4 aromatic rings. The number of aliphatic hydroxyl groups is 1. The zero-order valence-corrected chi connectivity index (χ0v) is 25.6. The highest BCUT2D eigenvalue weighted by atomic mass is 35.5. The number of nitrogens with zero attached hydrogens (tertiary/aromatic N) is 3. The number of Topliss-reactive ketones (excluding diaryl/α,β-unsaturated/α-hetero) is 1. The molecule has 1 aliphatic rings. The Labute approximate surface area is 259 Å². The molecule has 216 valence electrons. The molecule has 5 rings (SSSR count). The first-order valence-electron chi connectivity index (χ1n) is 12.3. The lowest BCUT2D eigenvalue weighted by Crippen LogP contribution is -2.29. The Hall–Kier alpha value is -3.77. The van der Waals surface area contributed by atoms with Crippen LogP contribution >= 0.6 is 46.3 Å². The van der Waals surface area contributed by atoms with Crippen molar-refractivity contribution in [1.82, 2.24) is 10.2 Å². The predicted molar refractivity (Wildman–Crippen MR) is 163 cm³/mol. The Bertz CT molecular complexity index is 1670. The summed E-state index contributed by atoms with van der Waals surface area (Å²) >= 11 is 14.8. The minimum Gasteiger partial charge on any atom is -0.507 e. The predicted octanol–water partition coefficient (Wildman–Crippen LogP) is 6.79. The number of halogens is 2. The van der Waals surface area contributed by atoms with E-state index in [2.05, 4.69) is 10.2 Å². The van der Waals surface area contributed by atoms with Gasteiger partial charge >= 0.3 is 5.91 Å². The van der Waals surface area contributed by atoms with Crippen molar-refractivity contribution in [2.75, 3.05) is 26.2 Å². The van der Waals surface area contributed by atoms with E-state index in [4.69, 9.17) is 37.4 Å². The largest absolute Gasteiger partial charge is 0.507 e. The van der Waals surface area contributed by atoms with E-state index >= 15 is 0 Å². The fourth-order valence-electron chi connectivity index (χ4n) is 4.49. The molecule has 1 fully saturated rings. The topological polar surface area (TPSA) is 111 Å². The molecule has 1 aromatic heterocycles. The summed E-state index contributed by atoms with van der Waals surface area (Å²) < 4.78 is 17.1. The van der Waals surface area contributed by atoms with E-state index in [1.165, 1.54) is 38.0 Å². The number of rotatable bonds is 9. The summed E-state index contributed by atoms with van der Waals surface area (Å²) in [6.07, 6.45) is 0. The quantitative estimate of drug-likeness (QED) is 0.0692. The summed E-state index contributed by atoms with van der Waals surface area (Å²) in [7, 11) is 4.39. The van der Waals surface area contributed by atoms with E-state index in [-0.39, 0.29) is 16.5 Å². The van der Waals surface area contributed by atoms with Crippen LogP contribution in [-0.4, -0.2) is 48.3 Å². The molecule has 9 nitrogen and oxygen atoms in total. The fraction of sp³-hybridized carbons (Fsp3) is 0.172. The first-order chi connectivity index (χ1) is 20.3. The summed E-state index contributed by atoms with van der Waals surface area (Å²) in [5.41, 5.74) is 1.54. The number of amides is 1. The van der Waals surface area contributed by atoms with E-state index in [9.17, 15) is 14.7 Å². The lowest BCUT2D eigenvalue weighted by Gasteiger charge is -2.24. The standard InChI is InChI=1S/C29H23Cl2N3O6S2/c1-38-20-11-17(12-21(39-2)26(20)40-3)23-22(24(35)15-7-5-4-6-8-15)25(36)27(37)34(23)28-32-33-29(42-28)41-14-16-9-10-18(30)13-19(16)31/h4-13,23,35H,14H2,1-3H3/b24-22-. The van der Waals surface area contributed by atoms with Gasteiger partial charge in [0.2, 0.25) is 10.9 Å². The molecule has 0 aliphatic carbocycles. The zero-order valence-electron chi connectivity index (χ0n) is 22.5. The third kappa shape index (κ3) is 5.65. The minimum atomic E-state index is -1.07. The average Bonchev–Trinajstić information content (AvgIpc) is 3.57. The van der Waals surface area contributed by atoms with Crippen LogP contribution in [0.5, 0.6) is 17.2 Å². The van der Waals surface area contributed by atoms with Crippen molar-refractivity contribution in [1.29, 1.82) is 0 Å². The van der Waals surface area contributed by atoms with Gasteiger partial charge in [-0.3, -0.25) is 14.5 Å². The molecular formula is C29H23Cl2N3O6S2. The van der Waals surface area contributed by atoms with Crippen molar-refractivity contribution >= 4 is 68.9 Å². The summed E-state index contributed by atoms with van der Waals surface area (Å²) in [4.78, 5) is 28.3. The molecule has 0 spiro atoms. The molecule has 0 radical (unpaired) electrons. The zero-order chi connectivity index (χ0) is 30.0. The van der Waals surface area contributed by atoms with Gasteiger partial charge in [-0.15, -0.1) is 10.2 Å². The van der Waals surface area contributed by atoms with Crippen LogP contribution in [0, 0.1) is 0 Å². The lowest BCUT2D eigenvalue weighted by atomic mass is 9.95. The molecule has 1 N–H and O–H groups in total. The maximum absolute atomic E-state index is 13.6. The van der Waals surface area contributed by atoms with Crippen LogP contribution in [0.1, 0.15) is 22.7 Å². The summed E-state index contributed by atoms with van der Waals surface area (Å²) in [6, 6.07) is 15.9. The van der Waals surface area contributed by atoms with Crippen LogP contribution in [-0.2, 0) is 15.3 Å². The van der Waals surface area contributed by atoms with Crippen LogP contribution in [0.15, 0.2) is 70.6 Å². The van der Waals surface area contributed by atoms with Gasteiger partial charge in [0, 0.05) is 21.4 Å². The Morgan fingerprint density at radius 3 is 2.29 bits per heavy atom. The van der Waals surface area contributed by atoms with E-state index in [0.29, 0.717) is 48.5 Å². The van der Waals surface area contributed by atoms with Crippen LogP contribution in [0.3, 0.4) is 0 Å².